The zero-order valence-electron chi connectivity index (χ0n) is 10.3. The third kappa shape index (κ3) is 2.90. The summed E-state index contributed by atoms with van der Waals surface area (Å²) < 4.78 is 36.8. The molecule has 1 aromatic rings. The Morgan fingerprint density at radius 2 is 1.94 bits per heavy atom. The Labute approximate surface area is 105 Å². The Hall–Kier alpha value is -1.36. The van der Waals surface area contributed by atoms with Crippen LogP contribution >= 0.6 is 0 Å². The van der Waals surface area contributed by atoms with Crippen LogP contribution in [0.2, 0.25) is 0 Å². The van der Waals surface area contributed by atoms with Crippen molar-refractivity contribution in [1.29, 1.82) is 0 Å². The van der Waals surface area contributed by atoms with Crippen molar-refractivity contribution in [1.82, 2.24) is 5.32 Å². The average Bonchev–Trinajstić information content (AvgIpc) is 2.38. The van der Waals surface area contributed by atoms with Crippen molar-refractivity contribution in [3.8, 4) is 11.5 Å². The van der Waals surface area contributed by atoms with Gasteiger partial charge in [-0.3, -0.25) is 0 Å². The number of rotatable bonds is 5. The molecular formula is C13H17F2NO2. The normalized spacial score (nSPS) is 15.8. The monoisotopic (exact) mass is 257 g/mol. The predicted molar refractivity (Wildman–Crippen MR) is 64.5 cm³/mol. The van der Waals surface area contributed by atoms with E-state index < -0.39 is 12.5 Å². The lowest BCUT2D eigenvalue weighted by molar-refractivity contribution is 0.0980. The Morgan fingerprint density at radius 3 is 2.61 bits per heavy atom. The van der Waals surface area contributed by atoms with E-state index >= 15 is 0 Å². The number of hydrogen-bond acceptors (Lipinski definition) is 3. The first-order chi connectivity index (χ1) is 8.72. The summed E-state index contributed by atoms with van der Waals surface area (Å²) in [5, 5.41) is 2.85. The van der Waals surface area contributed by atoms with Gasteiger partial charge in [0.15, 0.2) is 11.5 Å². The summed E-state index contributed by atoms with van der Waals surface area (Å²) >= 11 is 0. The molecule has 1 aromatic carbocycles. The summed E-state index contributed by atoms with van der Waals surface area (Å²) in [6.45, 7) is 3.46. The van der Waals surface area contributed by atoms with Crippen LogP contribution in [-0.2, 0) is 0 Å². The molecule has 18 heavy (non-hydrogen) atoms. The quantitative estimate of drug-likeness (QED) is 0.879. The van der Waals surface area contributed by atoms with Gasteiger partial charge in [-0.15, -0.1) is 0 Å². The number of ether oxygens (including phenoxy) is 2. The minimum atomic E-state index is -2.45. The Kier molecular flexibility index (Phi) is 4.36. The van der Waals surface area contributed by atoms with E-state index in [2.05, 4.69) is 5.32 Å². The molecule has 0 amide bonds. The van der Waals surface area contributed by atoms with Crippen LogP contribution in [0.4, 0.5) is 8.78 Å². The van der Waals surface area contributed by atoms with Gasteiger partial charge >= 0.3 is 0 Å². The van der Waals surface area contributed by atoms with Crippen molar-refractivity contribution in [3.05, 3.63) is 23.8 Å². The molecule has 100 valence electrons. The van der Waals surface area contributed by atoms with Gasteiger partial charge in [-0.25, -0.2) is 8.78 Å². The van der Waals surface area contributed by atoms with Crippen molar-refractivity contribution >= 4 is 0 Å². The van der Waals surface area contributed by atoms with E-state index in [1.54, 1.807) is 18.2 Å². The number of benzene rings is 1. The van der Waals surface area contributed by atoms with Crippen molar-refractivity contribution in [2.24, 2.45) is 0 Å². The molecular weight excluding hydrogens is 240 g/mol. The fourth-order valence-corrected chi connectivity index (χ4v) is 1.91. The molecule has 0 aliphatic carbocycles. The van der Waals surface area contributed by atoms with Gasteiger partial charge in [-0.2, -0.15) is 0 Å². The lowest BCUT2D eigenvalue weighted by Gasteiger charge is -2.22. The second-order valence-electron chi connectivity index (χ2n) is 4.17. The topological polar surface area (TPSA) is 30.5 Å². The standard InChI is InChI=1S/C13H17F2NO2/c1-2-5-16-12(13(14)15)9-3-4-10-11(8-9)18-7-6-17-10/h3-4,8,12-13,16H,2,5-7H2,1H3. The Balaban J connectivity index is 2.19. The zero-order valence-corrected chi connectivity index (χ0v) is 10.3. The van der Waals surface area contributed by atoms with Gasteiger partial charge in [0.25, 0.3) is 6.43 Å². The maximum atomic E-state index is 13.0. The molecule has 1 heterocycles. The van der Waals surface area contributed by atoms with Crippen LogP contribution in [0.1, 0.15) is 24.9 Å². The van der Waals surface area contributed by atoms with Gasteiger partial charge in [0, 0.05) is 0 Å². The SMILES string of the molecule is CCCNC(c1ccc2c(c1)OCCO2)C(F)F. The largest absolute Gasteiger partial charge is 0.486 e. The maximum Gasteiger partial charge on any atom is 0.257 e. The van der Waals surface area contributed by atoms with Crippen molar-refractivity contribution in [3.63, 3.8) is 0 Å². The molecule has 0 radical (unpaired) electrons. The molecule has 3 nitrogen and oxygen atoms in total. The number of alkyl halides is 2. The van der Waals surface area contributed by atoms with Crippen molar-refractivity contribution in [2.45, 2.75) is 25.8 Å². The van der Waals surface area contributed by atoms with Crippen LogP contribution < -0.4 is 14.8 Å². The van der Waals surface area contributed by atoms with E-state index in [1.165, 1.54) is 0 Å². The Bertz CT molecular complexity index is 399. The average molecular weight is 257 g/mol. The van der Waals surface area contributed by atoms with Crippen LogP contribution in [0.5, 0.6) is 11.5 Å². The van der Waals surface area contributed by atoms with Crippen LogP contribution in [-0.4, -0.2) is 26.2 Å². The van der Waals surface area contributed by atoms with Crippen LogP contribution in [0.3, 0.4) is 0 Å². The van der Waals surface area contributed by atoms with Crippen LogP contribution in [0.25, 0.3) is 0 Å². The highest BCUT2D eigenvalue weighted by molar-refractivity contribution is 5.44. The molecule has 0 saturated heterocycles. The predicted octanol–water partition coefficient (Wildman–Crippen LogP) is 2.76. The minimum Gasteiger partial charge on any atom is -0.486 e. The molecule has 1 unspecified atom stereocenters. The molecule has 1 aliphatic heterocycles. The van der Waals surface area contributed by atoms with E-state index in [4.69, 9.17) is 9.47 Å². The number of fused-ring (bicyclic) bond motifs is 1. The van der Waals surface area contributed by atoms with E-state index in [0.717, 1.165) is 6.42 Å². The summed E-state index contributed by atoms with van der Waals surface area (Å²) in [6, 6.07) is 4.02. The maximum absolute atomic E-state index is 13.0. The third-order valence-corrected chi connectivity index (χ3v) is 2.79. The fourth-order valence-electron chi connectivity index (χ4n) is 1.91. The van der Waals surface area contributed by atoms with Crippen LogP contribution in [0, 0.1) is 0 Å². The minimum absolute atomic E-state index is 0.457. The first-order valence-corrected chi connectivity index (χ1v) is 6.13. The van der Waals surface area contributed by atoms with Gasteiger partial charge in [0.2, 0.25) is 0 Å². The van der Waals surface area contributed by atoms with Gasteiger partial charge in [0.05, 0.1) is 6.04 Å². The summed E-state index contributed by atoms with van der Waals surface area (Å²) in [5.74, 6) is 1.16. The molecule has 1 atom stereocenters. The van der Waals surface area contributed by atoms with Crippen molar-refractivity contribution < 1.29 is 18.3 Å². The van der Waals surface area contributed by atoms with Crippen LogP contribution in [0.15, 0.2) is 18.2 Å². The van der Waals surface area contributed by atoms with Gasteiger partial charge in [-0.05, 0) is 30.7 Å². The zero-order chi connectivity index (χ0) is 13.0. The molecule has 1 aliphatic rings. The molecule has 0 spiro atoms. The fraction of sp³-hybridized carbons (Fsp3) is 0.538. The molecule has 2 rings (SSSR count). The van der Waals surface area contributed by atoms with E-state index in [0.29, 0.717) is 36.8 Å². The molecule has 0 bridgehead atoms. The molecule has 0 aromatic heterocycles. The highest BCUT2D eigenvalue weighted by Gasteiger charge is 2.23. The molecule has 1 N–H and O–H groups in total. The second kappa shape index (κ2) is 6.00. The first-order valence-electron chi connectivity index (χ1n) is 6.13. The summed E-state index contributed by atoms with van der Waals surface area (Å²) in [5.41, 5.74) is 0.530. The Morgan fingerprint density at radius 1 is 1.22 bits per heavy atom. The van der Waals surface area contributed by atoms with Gasteiger partial charge in [-0.1, -0.05) is 13.0 Å². The van der Waals surface area contributed by atoms with E-state index in [9.17, 15) is 8.78 Å². The second-order valence-corrected chi connectivity index (χ2v) is 4.17. The first kappa shape index (κ1) is 13.1. The summed E-state index contributed by atoms with van der Waals surface area (Å²) in [4.78, 5) is 0. The number of halogens is 2. The smallest absolute Gasteiger partial charge is 0.257 e. The van der Waals surface area contributed by atoms with E-state index in [1.807, 2.05) is 6.92 Å². The number of hydrogen-bond donors (Lipinski definition) is 1. The lowest BCUT2D eigenvalue weighted by Crippen LogP contribution is -2.28. The highest BCUT2D eigenvalue weighted by atomic mass is 19.3. The van der Waals surface area contributed by atoms with Gasteiger partial charge in [0.1, 0.15) is 13.2 Å². The molecule has 5 heteroatoms. The third-order valence-electron chi connectivity index (χ3n) is 2.79. The molecule has 0 saturated carbocycles. The van der Waals surface area contributed by atoms with Crippen molar-refractivity contribution in [2.75, 3.05) is 19.8 Å². The lowest BCUT2D eigenvalue weighted by atomic mass is 10.1. The van der Waals surface area contributed by atoms with E-state index in [-0.39, 0.29) is 0 Å². The number of nitrogens with one attached hydrogen (secondary N) is 1. The summed E-state index contributed by atoms with van der Waals surface area (Å²) in [6.07, 6.45) is -1.63. The van der Waals surface area contributed by atoms with Gasteiger partial charge < -0.3 is 14.8 Å². The highest BCUT2D eigenvalue weighted by Crippen LogP contribution is 2.33. The molecule has 0 fully saturated rings. The summed E-state index contributed by atoms with van der Waals surface area (Å²) in [7, 11) is 0.